The van der Waals surface area contributed by atoms with Crippen molar-refractivity contribution in [3.8, 4) is 0 Å². The average molecular weight is 105 g/mol. The van der Waals surface area contributed by atoms with Crippen molar-refractivity contribution in [1.82, 2.24) is 0 Å². The topological polar surface area (TPSA) is 70.7 Å². The molecule has 0 rings (SSSR count). The molecule has 0 heterocycles. The first-order valence-electron chi connectivity index (χ1n) is 1.58. The van der Waals surface area contributed by atoms with Gasteiger partial charge in [-0.15, -0.1) is 0 Å². The summed E-state index contributed by atoms with van der Waals surface area (Å²) in [6.07, 6.45) is 0. The van der Waals surface area contributed by atoms with E-state index >= 15 is 0 Å². The zero-order valence-corrected chi connectivity index (χ0v) is 3.83. The molecule has 0 radical (unpaired) electrons. The van der Waals surface area contributed by atoms with E-state index in [0.29, 0.717) is 0 Å². The second-order valence-electron chi connectivity index (χ2n) is 0.797. The zero-order chi connectivity index (χ0) is 5.70. The highest BCUT2D eigenvalue weighted by Crippen LogP contribution is 1.70. The van der Waals surface area contributed by atoms with Crippen LogP contribution in [0.3, 0.4) is 0 Å². The maximum Gasteiger partial charge on any atom is 0.202 e. The Morgan fingerprint density at radius 1 is 1.71 bits per heavy atom. The van der Waals surface area contributed by atoms with E-state index < -0.39 is 5.02 Å². The molecular weight excluding hydrogens is 100 g/mol. The highest BCUT2D eigenvalue weighted by molar-refractivity contribution is 4.08. The van der Waals surface area contributed by atoms with Crippen molar-refractivity contribution in [2.24, 2.45) is 5.11 Å². The molecule has 0 unspecified atom stereocenters. The van der Waals surface area contributed by atoms with Gasteiger partial charge in [0.15, 0.2) is 0 Å². The molecule has 0 aromatic rings. The zero-order valence-electron chi connectivity index (χ0n) is 3.83. The first-order chi connectivity index (χ1) is 3.27. The van der Waals surface area contributed by atoms with Gasteiger partial charge in [-0.25, -0.2) is 0 Å². The molecule has 0 saturated carbocycles. The molecule has 7 heavy (non-hydrogen) atoms. The van der Waals surface area contributed by atoms with Gasteiger partial charge in [-0.05, 0) is 0 Å². The van der Waals surface area contributed by atoms with Crippen molar-refractivity contribution in [2.45, 2.75) is 0 Å². The SMILES string of the molecule is COCN=[N+]([O-])[O-]. The molecule has 5 heteroatoms. The Bertz CT molecular complexity index is 67.3. The molecule has 5 nitrogen and oxygen atoms in total. The molecular formula is C2H5N2O3-. The van der Waals surface area contributed by atoms with Crippen LogP contribution < -0.4 is 0 Å². The minimum absolute atomic E-state index is 0.174. The van der Waals surface area contributed by atoms with Gasteiger partial charge >= 0.3 is 0 Å². The van der Waals surface area contributed by atoms with E-state index in [2.05, 4.69) is 9.85 Å². The van der Waals surface area contributed by atoms with Crippen molar-refractivity contribution in [3.05, 3.63) is 10.4 Å². The predicted octanol–water partition coefficient (Wildman–Crippen LogP) is 0.0506. The molecule has 0 aliphatic heterocycles. The quantitative estimate of drug-likeness (QED) is 0.368. The summed E-state index contributed by atoms with van der Waals surface area (Å²) in [6, 6.07) is 0. The summed E-state index contributed by atoms with van der Waals surface area (Å²) in [7, 11) is 1.34. The molecule has 0 atom stereocenters. The van der Waals surface area contributed by atoms with E-state index in [9.17, 15) is 10.4 Å². The second kappa shape index (κ2) is 3.35. The van der Waals surface area contributed by atoms with Gasteiger partial charge in [-0.2, -0.15) is 0 Å². The van der Waals surface area contributed by atoms with Gasteiger partial charge in [0.1, 0.15) is 0 Å². The fourth-order valence-electron chi connectivity index (χ4n) is 0.105. The summed E-state index contributed by atoms with van der Waals surface area (Å²) >= 11 is 0. The summed E-state index contributed by atoms with van der Waals surface area (Å²) < 4.78 is 4.24. The Morgan fingerprint density at radius 2 is 2.29 bits per heavy atom. The van der Waals surface area contributed by atoms with Gasteiger partial charge in [-0.1, -0.05) is 5.02 Å². The van der Waals surface area contributed by atoms with E-state index in [0.717, 1.165) is 0 Å². The Balaban J connectivity index is 3.08. The van der Waals surface area contributed by atoms with Crippen LogP contribution in [0.1, 0.15) is 0 Å². The molecule has 0 aromatic heterocycles. The molecule has 42 valence electrons. The number of nitrogens with zero attached hydrogens (tertiary/aromatic N) is 2. The third-order valence-electron chi connectivity index (χ3n) is 0.302. The highest BCUT2D eigenvalue weighted by atomic mass is 16.8. The number of hydrogen-bond acceptors (Lipinski definition) is 4. The molecule has 0 amide bonds. The Labute approximate surface area is 40.4 Å². The first kappa shape index (κ1) is 6.16. The van der Waals surface area contributed by atoms with Crippen molar-refractivity contribution < 1.29 is 9.76 Å². The van der Waals surface area contributed by atoms with Gasteiger partial charge in [0.05, 0.1) is 0 Å². The van der Waals surface area contributed by atoms with E-state index in [-0.39, 0.29) is 6.73 Å². The third kappa shape index (κ3) is 5.16. The van der Waals surface area contributed by atoms with E-state index in [1.54, 1.807) is 0 Å². The fourth-order valence-corrected chi connectivity index (χ4v) is 0.105. The molecule has 0 fully saturated rings. The largest absolute Gasteiger partial charge is 0.588 e. The lowest BCUT2D eigenvalue weighted by molar-refractivity contribution is -0.463. The summed E-state index contributed by atoms with van der Waals surface area (Å²) in [5.41, 5.74) is 0. The van der Waals surface area contributed by atoms with Gasteiger partial charge < -0.3 is 15.2 Å². The van der Waals surface area contributed by atoms with Gasteiger partial charge in [0.25, 0.3) is 0 Å². The van der Waals surface area contributed by atoms with Gasteiger partial charge in [0, 0.05) is 12.2 Å². The average Bonchev–Trinajstić information content (AvgIpc) is 1.61. The second-order valence-corrected chi connectivity index (χ2v) is 0.797. The molecule has 0 bridgehead atoms. The first-order valence-corrected chi connectivity index (χ1v) is 1.58. The van der Waals surface area contributed by atoms with Crippen LogP contribution in [0.4, 0.5) is 0 Å². The van der Waals surface area contributed by atoms with Crippen molar-refractivity contribution in [2.75, 3.05) is 13.8 Å². The van der Waals surface area contributed by atoms with Crippen LogP contribution in [0, 0.1) is 10.4 Å². The van der Waals surface area contributed by atoms with Crippen LogP contribution in [-0.4, -0.2) is 18.9 Å². The summed E-state index contributed by atoms with van der Waals surface area (Å²) in [6.45, 7) is -0.174. The predicted molar refractivity (Wildman–Crippen MR) is 21.3 cm³/mol. The maximum absolute atomic E-state index is 9.32. The van der Waals surface area contributed by atoms with E-state index in [4.69, 9.17) is 0 Å². The summed E-state index contributed by atoms with van der Waals surface area (Å²) in [5.74, 6) is 0. The Hall–Kier alpha value is -0.840. The van der Waals surface area contributed by atoms with Crippen LogP contribution in [0.25, 0.3) is 0 Å². The molecule has 0 spiro atoms. The lowest BCUT2D eigenvalue weighted by atomic mass is 11.3. The van der Waals surface area contributed by atoms with Crippen LogP contribution >= 0.6 is 0 Å². The van der Waals surface area contributed by atoms with Crippen LogP contribution in [0.5, 0.6) is 0 Å². The van der Waals surface area contributed by atoms with Crippen molar-refractivity contribution in [3.63, 3.8) is 0 Å². The standard InChI is InChI=1S/C2H5N2O3/c1-7-2-3-4(5)6/h2H2,1H3/q-1. The molecule has 0 aromatic carbocycles. The Morgan fingerprint density at radius 3 is 2.43 bits per heavy atom. The lowest BCUT2D eigenvalue weighted by Crippen LogP contribution is -1.90. The number of rotatable bonds is 2. The van der Waals surface area contributed by atoms with Crippen LogP contribution in [0.2, 0.25) is 0 Å². The number of methoxy groups -OCH3 is 1. The minimum Gasteiger partial charge on any atom is -0.588 e. The molecule has 0 aliphatic carbocycles. The van der Waals surface area contributed by atoms with Crippen LogP contribution in [-0.2, 0) is 4.74 Å². The fraction of sp³-hybridized carbons (Fsp3) is 1.00. The Kier molecular flexibility index (Phi) is 2.95. The van der Waals surface area contributed by atoms with E-state index in [1.165, 1.54) is 7.11 Å². The van der Waals surface area contributed by atoms with Crippen molar-refractivity contribution >= 4 is 0 Å². The third-order valence-corrected chi connectivity index (χ3v) is 0.302. The number of ether oxygens (including phenoxy) is 1. The normalized spacial score (nSPS) is 8.14. The lowest BCUT2D eigenvalue weighted by Gasteiger charge is -1.95. The van der Waals surface area contributed by atoms with E-state index in [1.807, 2.05) is 0 Å². The van der Waals surface area contributed by atoms with Gasteiger partial charge in [-0.3, -0.25) is 0 Å². The number of hydrogen-bond donors (Lipinski definition) is 0. The molecule has 0 aliphatic rings. The van der Waals surface area contributed by atoms with Gasteiger partial charge in [0.2, 0.25) is 6.73 Å². The minimum atomic E-state index is -0.788. The smallest absolute Gasteiger partial charge is 0.202 e. The monoisotopic (exact) mass is 105 g/mol. The summed E-state index contributed by atoms with van der Waals surface area (Å²) in [5, 5.41) is 20.6. The highest BCUT2D eigenvalue weighted by Gasteiger charge is 1.73. The molecule has 0 N–H and O–H groups in total. The van der Waals surface area contributed by atoms with Crippen molar-refractivity contribution in [1.29, 1.82) is 0 Å². The molecule has 0 saturated heterocycles. The van der Waals surface area contributed by atoms with Crippen LogP contribution in [0.15, 0.2) is 5.11 Å². The summed E-state index contributed by atoms with van der Waals surface area (Å²) in [4.78, 5) is 0. The maximum atomic E-state index is 9.32.